The van der Waals surface area contributed by atoms with Gasteiger partial charge >= 0.3 is 0 Å². The minimum absolute atomic E-state index is 0.125. The van der Waals surface area contributed by atoms with Crippen molar-refractivity contribution >= 4 is 56.4 Å². The normalized spacial score (nSPS) is 10.5. The Labute approximate surface area is 194 Å². The number of aryl methyl sites for hydroxylation is 1. The van der Waals surface area contributed by atoms with E-state index in [1.54, 1.807) is 18.2 Å². The molecular formula is C23H21BrCl2N2O2. The number of hydrogen-bond donors (Lipinski definition) is 2. The summed E-state index contributed by atoms with van der Waals surface area (Å²) >= 11 is 15.3. The molecule has 0 bridgehead atoms. The Morgan fingerprint density at radius 2 is 1.63 bits per heavy atom. The first-order valence-electron chi connectivity index (χ1n) is 9.43. The van der Waals surface area contributed by atoms with Crippen molar-refractivity contribution in [2.75, 3.05) is 17.2 Å². The molecular weight excluding hydrogens is 487 g/mol. The highest BCUT2D eigenvalue weighted by Crippen LogP contribution is 2.27. The molecule has 0 spiro atoms. The molecule has 0 aromatic heterocycles. The van der Waals surface area contributed by atoms with Crippen LogP contribution >= 0.6 is 39.1 Å². The fourth-order valence-corrected chi connectivity index (χ4v) is 3.59. The number of hydrogen-bond acceptors (Lipinski definition) is 3. The van der Waals surface area contributed by atoms with Gasteiger partial charge in [0.15, 0.2) is 6.61 Å². The Morgan fingerprint density at radius 1 is 0.933 bits per heavy atom. The largest absolute Gasteiger partial charge is 0.483 e. The Bertz CT molecular complexity index is 1030. The van der Waals surface area contributed by atoms with Gasteiger partial charge in [-0.2, -0.15) is 0 Å². The fourth-order valence-electron chi connectivity index (χ4n) is 2.75. The van der Waals surface area contributed by atoms with E-state index in [2.05, 4.69) is 57.8 Å². The lowest BCUT2D eigenvalue weighted by atomic mass is 10.1. The molecule has 4 nitrogen and oxygen atoms in total. The first-order valence-corrected chi connectivity index (χ1v) is 11.0. The van der Waals surface area contributed by atoms with Gasteiger partial charge in [-0.25, -0.2) is 0 Å². The number of nitrogens with one attached hydrogen (secondary N) is 2. The quantitative estimate of drug-likeness (QED) is 0.347. The van der Waals surface area contributed by atoms with Gasteiger partial charge in [-0.05, 0) is 75.9 Å². The highest BCUT2D eigenvalue weighted by Gasteiger charge is 2.08. The maximum atomic E-state index is 12.1. The molecule has 0 aliphatic heterocycles. The summed E-state index contributed by atoms with van der Waals surface area (Å²) in [5, 5.41) is 6.94. The zero-order valence-corrected chi connectivity index (χ0v) is 19.4. The fraction of sp³-hybridized carbons (Fsp3) is 0.174. The van der Waals surface area contributed by atoms with E-state index < -0.39 is 0 Å². The number of ether oxygens (including phenoxy) is 1. The molecule has 0 saturated heterocycles. The highest BCUT2D eigenvalue weighted by atomic mass is 79.9. The van der Waals surface area contributed by atoms with Gasteiger partial charge in [0.05, 0.1) is 14.5 Å². The summed E-state index contributed by atoms with van der Waals surface area (Å²) in [6.45, 7) is 2.70. The molecule has 0 heterocycles. The maximum Gasteiger partial charge on any atom is 0.262 e. The molecule has 0 aliphatic rings. The predicted molar refractivity (Wildman–Crippen MR) is 128 cm³/mol. The van der Waals surface area contributed by atoms with Crippen LogP contribution in [0.25, 0.3) is 0 Å². The Kier molecular flexibility index (Phi) is 8.02. The van der Waals surface area contributed by atoms with Gasteiger partial charge in [0.1, 0.15) is 5.75 Å². The van der Waals surface area contributed by atoms with Crippen molar-refractivity contribution in [3.8, 4) is 5.75 Å². The van der Waals surface area contributed by atoms with Crippen LogP contribution in [0.5, 0.6) is 5.75 Å². The van der Waals surface area contributed by atoms with Crippen molar-refractivity contribution in [2.45, 2.75) is 19.9 Å². The lowest BCUT2D eigenvalue weighted by Gasteiger charge is -2.12. The van der Waals surface area contributed by atoms with E-state index in [1.807, 2.05) is 18.2 Å². The number of carbonyl (C=O) groups is 1. The molecule has 0 aliphatic carbocycles. The molecule has 2 N–H and O–H groups in total. The number of carbonyl (C=O) groups excluding carboxylic acids is 1. The van der Waals surface area contributed by atoms with E-state index in [1.165, 1.54) is 5.56 Å². The summed E-state index contributed by atoms with van der Waals surface area (Å²) in [4.78, 5) is 12.1. The second-order valence-electron chi connectivity index (χ2n) is 6.63. The third kappa shape index (κ3) is 6.39. The van der Waals surface area contributed by atoms with E-state index in [9.17, 15) is 4.79 Å². The summed E-state index contributed by atoms with van der Waals surface area (Å²) in [6, 6.07) is 19.1. The first-order chi connectivity index (χ1) is 14.4. The lowest BCUT2D eigenvalue weighted by Crippen LogP contribution is -2.20. The molecule has 0 saturated carbocycles. The lowest BCUT2D eigenvalue weighted by molar-refractivity contribution is -0.118. The Morgan fingerprint density at radius 3 is 2.30 bits per heavy atom. The minimum Gasteiger partial charge on any atom is -0.483 e. The van der Waals surface area contributed by atoms with Gasteiger partial charge in [0, 0.05) is 17.9 Å². The number of benzene rings is 3. The van der Waals surface area contributed by atoms with Crippen LogP contribution in [-0.2, 0) is 17.8 Å². The SMILES string of the molecule is CCc1ccc(NCc2ccc(OCC(=O)Nc3ccc(Cl)c(Cl)c3)c(Br)c2)cc1. The second kappa shape index (κ2) is 10.7. The summed E-state index contributed by atoms with van der Waals surface area (Å²) in [5.41, 5.74) is 4.04. The van der Waals surface area contributed by atoms with Crippen LogP contribution in [-0.4, -0.2) is 12.5 Å². The van der Waals surface area contributed by atoms with Crippen LogP contribution in [0.3, 0.4) is 0 Å². The van der Waals surface area contributed by atoms with Crippen molar-refractivity contribution in [2.24, 2.45) is 0 Å². The average Bonchev–Trinajstić information content (AvgIpc) is 2.74. The summed E-state index contributed by atoms with van der Waals surface area (Å²) in [6.07, 6.45) is 1.03. The van der Waals surface area contributed by atoms with Crippen LogP contribution in [0.2, 0.25) is 10.0 Å². The van der Waals surface area contributed by atoms with E-state index in [0.717, 1.165) is 22.1 Å². The number of anilines is 2. The standard InChI is InChI=1S/C23H21BrCl2N2O2/c1-2-15-3-6-17(7-4-15)27-13-16-5-10-22(19(24)11-16)30-14-23(29)28-18-8-9-20(25)21(26)12-18/h3-12,27H,2,13-14H2,1H3,(H,28,29). The average molecular weight is 508 g/mol. The van der Waals surface area contributed by atoms with E-state index in [-0.39, 0.29) is 12.5 Å². The zero-order chi connectivity index (χ0) is 21.5. The molecule has 30 heavy (non-hydrogen) atoms. The Balaban J connectivity index is 1.51. The third-order valence-electron chi connectivity index (χ3n) is 4.42. The molecule has 0 radical (unpaired) electrons. The predicted octanol–water partition coefficient (Wildman–Crippen LogP) is 6.95. The molecule has 3 rings (SSSR count). The second-order valence-corrected chi connectivity index (χ2v) is 8.30. The van der Waals surface area contributed by atoms with Crippen LogP contribution in [0.4, 0.5) is 11.4 Å². The molecule has 3 aromatic rings. The number of rotatable bonds is 8. The highest BCUT2D eigenvalue weighted by molar-refractivity contribution is 9.10. The Hall–Kier alpha value is -2.21. The van der Waals surface area contributed by atoms with E-state index in [4.69, 9.17) is 27.9 Å². The summed E-state index contributed by atoms with van der Waals surface area (Å²) in [7, 11) is 0. The van der Waals surface area contributed by atoms with Gasteiger partial charge < -0.3 is 15.4 Å². The van der Waals surface area contributed by atoms with E-state index >= 15 is 0 Å². The van der Waals surface area contributed by atoms with Crippen molar-refractivity contribution in [3.05, 3.63) is 86.3 Å². The van der Waals surface area contributed by atoms with Gasteiger partial charge in [-0.15, -0.1) is 0 Å². The van der Waals surface area contributed by atoms with Crippen LogP contribution < -0.4 is 15.4 Å². The van der Waals surface area contributed by atoms with Gasteiger partial charge in [-0.1, -0.05) is 48.3 Å². The van der Waals surface area contributed by atoms with Gasteiger partial charge in [0.25, 0.3) is 5.91 Å². The molecule has 0 fully saturated rings. The van der Waals surface area contributed by atoms with Crippen molar-refractivity contribution < 1.29 is 9.53 Å². The van der Waals surface area contributed by atoms with Gasteiger partial charge in [-0.3, -0.25) is 4.79 Å². The van der Waals surface area contributed by atoms with Crippen LogP contribution in [0, 0.1) is 0 Å². The van der Waals surface area contributed by atoms with Crippen LogP contribution in [0.1, 0.15) is 18.1 Å². The molecule has 0 unspecified atom stereocenters. The molecule has 7 heteroatoms. The third-order valence-corrected chi connectivity index (χ3v) is 5.78. The van der Waals surface area contributed by atoms with Crippen molar-refractivity contribution in [3.63, 3.8) is 0 Å². The van der Waals surface area contributed by atoms with Crippen molar-refractivity contribution in [1.82, 2.24) is 0 Å². The van der Waals surface area contributed by atoms with Gasteiger partial charge in [0.2, 0.25) is 0 Å². The van der Waals surface area contributed by atoms with Crippen molar-refractivity contribution in [1.29, 1.82) is 0 Å². The maximum absolute atomic E-state index is 12.1. The zero-order valence-electron chi connectivity index (χ0n) is 16.3. The minimum atomic E-state index is -0.290. The molecule has 0 atom stereocenters. The first kappa shape index (κ1) is 22.5. The molecule has 1 amide bonds. The molecule has 156 valence electrons. The monoisotopic (exact) mass is 506 g/mol. The topological polar surface area (TPSA) is 50.4 Å². The molecule has 3 aromatic carbocycles. The smallest absolute Gasteiger partial charge is 0.262 e. The number of amides is 1. The van der Waals surface area contributed by atoms with E-state index in [0.29, 0.717) is 28.0 Å². The summed E-state index contributed by atoms with van der Waals surface area (Å²) in [5.74, 6) is 0.303. The number of halogens is 3. The summed E-state index contributed by atoms with van der Waals surface area (Å²) < 4.78 is 6.41. The van der Waals surface area contributed by atoms with Crippen LogP contribution in [0.15, 0.2) is 65.1 Å².